The molecule has 0 unspecified atom stereocenters. The number of benzene rings is 1. The predicted octanol–water partition coefficient (Wildman–Crippen LogP) is 0.0515. The number of thioether (sulfide) groups is 1. The van der Waals surface area contributed by atoms with Crippen LogP contribution >= 0.6 is 23.1 Å². The molecule has 0 saturated carbocycles. The molecule has 2 amide bonds. The standard InChI is InChI=1S/C20H17N5O9S2/c21-20-22-8(6-36-20)12(24-34-14(19(32)33)7-1-2-10(26)11(27)5-7)15(28)23-13-16(29)25-9(18(30)31)3-4-35-17(13)25/h1-3,5-6,13-14,17,26-27H,4H2,(H2,21,22)(H,23,28)(H,30,31)(H,32,33)/b24-12-/t13-,14+,17-/m1/s1. The van der Waals surface area contributed by atoms with Gasteiger partial charge in [-0.05, 0) is 18.2 Å². The third-order valence-corrected chi connectivity index (χ3v) is 6.97. The lowest BCUT2D eigenvalue weighted by atomic mass is 10.0. The van der Waals surface area contributed by atoms with Crippen molar-refractivity contribution < 1.29 is 44.4 Å². The van der Waals surface area contributed by atoms with Crippen LogP contribution in [-0.2, 0) is 24.0 Å². The van der Waals surface area contributed by atoms with Gasteiger partial charge in [-0.2, -0.15) is 0 Å². The molecule has 0 radical (unpaired) electrons. The number of aromatic hydroxyl groups is 2. The summed E-state index contributed by atoms with van der Waals surface area (Å²) in [6.07, 6.45) is -0.390. The largest absolute Gasteiger partial charge is 0.504 e. The SMILES string of the molecule is Nc1nc(/C(=N/O[C@H](C(=O)O)c2ccc(O)c(O)c2)C(=O)N[C@@H]2C(=O)N3C(C(=O)O)=CCS[C@H]23)cs1. The van der Waals surface area contributed by atoms with Crippen LogP contribution in [0, 0.1) is 0 Å². The summed E-state index contributed by atoms with van der Waals surface area (Å²) in [7, 11) is 0. The van der Waals surface area contributed by atoms with Crippen LogP contribution < -0.4 is 11.1 Å². The number of phenolic OH excluding ortho intramolecular Hbond substituents is 2. The molecular formula is C20H17N5O9S2. The normalized spacial score (nSPS) is 20.0. The molecule has 188 valence electrons. The van der Waals surface area contributed by atoms with Gasteiger partial charge in [0.25, 0.3) is 11.8 Å². The number of nitrogens with one attached hydrogen (secondary N) is 1. The number of fused-ring (bicyclic) bond motifs is 1. The zero-order valence-electron chi connectivity index (χ0n) is 17.9. The number of carboxylic acids is 2. The van der Waals surface area contributed by atoms with Crippen LogP contribution in [0.4, 0.5) is 5.13 Å². The Kier molecular flexibility index (Phi) is 6.71. The van der Waals surface area contributed by atoms with Crippen LogP contribution in [0.1, 0.15) is 17.4 Å². The summed E-state index contributed by atoms with van der Waals surface area (Å²) in [6.45, 7) is 0. The van der Waals surface area contributed by atoms with Crippen molar-refractivity contribution in [3.05, 3.63) is 46.6 Å². The Labute approximate surface area is 209 Å². The summed E-state index contributed by atoms with van der Waals surface area (Å²) >= 11 is 2.22. The van der Waals surface area contributed by atoms with Crippen molar-refractivity contribution in [2.24, 2.45) is 5.16 Å². The van der Waals surface area contributed by atoms with Gasteiger partial charge in [-0.25, -0.2) is 14.6 Å². The topological polar surface area (TPSA) is 225 Å². The lowest BCUT2D eigenvalue weighted by Gasteiger charge is -2.48. The van der Waals surface area contributed by atoms with Gasteiger partial charge < -0.3 is 36.3 Å². The number of nitrogens with two attached hydrogens (primary N) is 1. The first kappa shape index (κ1) is 24.8. The van der Waals surface area contributed by atoms with E-state index in [4.69, 9.17) is 10.6 Å². The van der Waals surface area contributed by atoms with E-state index in [1.807, 2.05) is 0 Å². The number of oxime groups is 1. The van der Waals surface area contributed by atoms with E-state index in [0.717, 1.165) is 28.4 Å². The van der Waals surface area contributed by atoms with E-state index in [2.05, 4.69) is 15.5 Å². The predicted molar refractivity (Wildman–Crippen MR) is 125 cm³/mol. The summed E-state index contributed by atoms with van der Waals surface area (Å²) in [5, 5.41) is 44.9. The molecule has 2 aliphatic heterocycles. The van der Waals surface area contributed by atoms with E-state index in [1.54, 1.807) is 0 Å². The Morgan fingerprint density at radius 2 is 2.00 bits per heavy atom. The van der Waals surface area contributed by atoms with Gasteiger partial charge in [0.2, 0.25) is 6.10 Å². The van der Waals surface area contributed by atoms with E-state index in [9.17, 15) is 39.6 Å². The molecule has 1 aromatic carbocycles. The Morgan fingerprint density at radius 3 is 2.61 bits per heavy atom. The lowest BCUT2D eigenvalue weighted by molar-refractivity contribution is -0.151. The maximum absolute atomic E-state index is 13.1. The fourth-order valence-electron chi connectivity index (χ4n) is 3.41. The average molecular weight is 536 g/mol. The van der Waals surface area contributed by atoms with Crippen LogP contribution in [-0.4, -0.2) is 76.9 Å². The summed E-state index contributed by atoms with van der Waals surface area (Å²) < 4.78 is 0. The van der Waals surface area contributed by atoms with Crippen molar-refractivity contribution in [3.8, 4) is 11.5 Å². The second-order valence-corrected chi connectivity index (χ2v) is 9.40. The molecule has 4 rings (SSSR count). The van der Waals surface area contributed by atoms with Crippen molar-refractivity contribution >= 4 is 57.7 Å². The minimum Gasteiger partial charge on any atom is -0.504 e. The van der Waals surface area contributed by atoms with Crippen LogP contribution in [0.2, 0.25) is 0 Å². The van der Waals surface area contributed by atoms with Gasteiger partial charge in [-0.1, -0.05) is 11.2 Å². The highest BCUT2D eigenvalue weighted by atomic mass is 32.2. The molecule has 3 atom stereocenters. The molecule has 0 aliphatic carbocycles. The number of aliphatic carboxylic acids is 2. The fraction of sp³-hybridized carbons (Fsp3) is 0.200. The van der Waals surface area contributed by atoms with Crippen LogP contribution in [0.25, 0.3) is 0 Å². The Morgan fingerprint density at radius 1 is 1.25 bits per heavy atom. The average Bonchev–Trinajstić information content (AvgIpc) is 3.26. The number of aromatic nitrogens is 1. The second-order valence-electron chi connectivity index (χ2n) is 7.36. The Balaban J connectivity index is 1.58. The number of β-lactam (4-membered cyclic amide) rings is 1. The number of hydrogen-bond acceptors (Lipinski definition) is 12. The highest BCUT2D eigenvalue weighted by molar-refractivity contribution is 8.00. The number of nitrogens with zero attached hydrogens (tertiary/aromatic N) is 3. The van der Waals surface area contributed by atoms with Gasteiger partial charge in [-0.15, -0.1) is 23.1 Å². The van der Waals surface area contributed by atoms with Gasteiger partial charge in [0.05, 0.1) is 0 Å². The first-order chi connectivity index (χ1) is 17.1. The lowest BCUT2D eigenvalue weighted by Crippen LogP contribution is -2.70. The molecule has 14 nitrogen and oxygen atoms in total. The van der Waals surface area contributed by atoms with Gasteiger partial charge in [0.15, 0.2) is 22.3 Å². The van der Waals surface area contributed by atoms with Crippen molar-refractivity contribution in [2.75, 3.05) is 11.5 Å². The van der Waals surface area contributed by atoms with Crippen LogP contribution in [0.15, 0.2) is 40.5 Å². The summed E-state index contributed by atoms with van der Waals surface area (Å²) in [6, 6.07) is 2.12. The van der Waals surface area contributed by atoms with Crippen LogP contribution in [0.3, 0.4) is 0 Å². The number of phenols is 2. The number of rotatable bonds is 8. The Bertz CT molecular complexity index is 1320. The number of carbonyl (C=O) groups is 4. The smallest absolute Gasteiger partial charge is 0.352 e. The number of amides is 2. The van der Waals surface area contributed by atoms with E-state index in [1.165, 1.54) is 29.3 Å². The maximum Gasteiger partial charge on any atom is 0.352 e. The monoisotopic (exact) mass is 535 g/mol. The molecule has 0 spiro atoms. The van der Waals surface area contributed by atoms with Gasteiger partial charge >= 0.3 is 11.9 Å². The van der Waals surface area contributed by atoms with Crippen molar-refractivity contribution in [3.63, 3.8) is 0 Å². The number of carbonyl (C=O) groups excluding carboxylic acids is 2. The van der Waals surface area contributed by atoms with Crippen LogP contribution in [0.5, 0.6) is 11.5 Å². The number of anilines is 1. The zero-order valence-corrected chi connectivity index (χ0v) is 19.5. The molecule has 2 aromatic rings. The molecule has 1 saturated heterocycles. The van der Waals surface area contributed by atoms with E-state index < -0.39 is 58.5 Å². The minimum absolute atomic E-state index is 0.0567. The van der Waals surface area contributed by atoms with Gasteiger partial charge in [-0.3, -0.25) is 14.5 Å². The first-order valence-electron chi connectivity index (χ1n) is 9.97. The summed E-state index contributed by atoms with van der Waals surface area (Å²) in [5.41, 5.74) is 4.83. The molecular weight excluding hydrogens is 518 g/mol. The second kappa shape index (κ2) is 9.74. The van der Waals surface area contributed by atoms with Crippen molar-refractivity contribution in [1.82, 2.24) is 15.2 Å². The number of carboxylic acid groups (broad SMARTS) is 2. The van der Waals surface area contributed by atoms with Gasteiger partial charge in [0, 0.05) is 16.7 Å². The number of nitrogen functional groups attached to an aromatic ring is 1. The summed E-state index contributed by atoms with van der Waals surface area (Å²) in [5.74, 6) is -5.13. The molecule has 1 fully saturated rings. The third kappa shape index (κ3) is 4.63. The quantitative estimate of drug-likeness (QED) is 0.114. The number of thiazole rings is 1. The molecule has 7 N–H and O–H groups in total. The number of hydrogen-bond donors (Lipinski definition) is 6. The molecule has 36 heavy (non-hydrogen) atoms. The fourth-order valence-corrected chi connectivity index (χ4v) is 5.15. The van der Waals surface area contributed by atoms with Crippen molar-refractivity contribution in [2.45, 2.75) is 17.5 Å². The zero-order chi connectivity index (χ0) is 26.1. The molecule has 16 heteroatoms. The van der Waals surface area contributed by atoms with E-state index >= 15 is 0 Å². The highest BCUT2D eigenvalue weighted by Gasteiger charge is 2.53. The van der Waals surface area contributed by atoms with Gasteiger partial charge in [0.1, 0.15) is 22.8 Å². The summed E-state index contributed by atoms with van der Waals surface area (Å²) in [4.78, 5) is 58.9. The Hall–Kier alpha value is -4.31. The molecule has 1 aromatic heterocycles. The maximum atomic E-state index is 13.1. The molecule has 0 bridgehead atoms. The van der Waals surface area contributed by atoms with Crippen molar-refractivity contribution in [1.29, 1.82) is 0 Å². The first-order valence-corrected chi connectivity index (χ1v) is 11.9. The van der Waals surface area contributed by atoms with E-state index in [0.29, 0.717) is 5.75 Å². The third-order valence-electron chi connectivity index (χ3n) is 5.11. The molecule has 2 aliphatic rings. The molecule has 3 heterocycles. The highest BCUT2D eigenvalue weighted by Crippen LogP contribution is 2.37. The minimum atomic E-state index is -1.78. The van der Waals surface area contributed by atoms with E-state index in [-0.39, 0.29) is 22.1 Å².